The molecular weight excluding hydrogens is 508 g/mol. The first-order chi connectivity index (χ1) is 18.4. The van der Waals surface area contributed by atoms with Crippen molar-refractivity contribution in [2.24, 2.45) is 0 Å². The minimum absolute atomic E-state index is 0.0196. The van der Waals surface area contributed by atoms with E-state index in [1.54, 1.807) is 54.6 Å². The number of sulfone groups is 1. The van der Waals surface area contributed by atoms with Gasteiger partial charge in [0.2, 0.25) is 11.7 Å². The lowest BCUT2D eigenvalue weighted by Crippen LogP contribution is -2.48. The van der Waals surface area contributed by atoms with Crippen LogP contribution in [0.5, 0.6) is 0 Å². The Morgan fingerprint density at radius 1 is 1.05 bits per heavy atom. The lowest BCUT2D eigenvalue weighted by Gasteiger charge is -2.24. The number of nitrogens with zero attached hydrogens (tertiary/aromatic N) is 1. The molecule has 2 heterocycles. The molecule has 1 aliphatic rings. The molecule has 4 rings (SSSR count). The van der Waals surface area contributed by atoms with Gasteiger partial charge in [-0.05, 0) is 43.4 Å². The Kier molecular flexibility index (Phi) is 9.65. The van der Waals surface area contributed by atoms with Crippen LogP contribution < -0.4 is 5.32 Å². The summed E-state index contributed by atoms with van der Waals surface area (Å²) in [5.41, 5.74) is 1.58. The number of carbonyl (C=O) groups is 2. The molecule has 1 aromatic heterocycles. The zero-order valence-electron chi connectivity index (χ0n) is 21.5. The summed E-state index contributed by atoms with van der Waals surface area (Å²) in [7, 11) is -3.92. The Hall–Kier alpha value is -3.08. The van der Waals surface area contributed by atoms with Crippen molar-refractivity contribution in [3.05, 3.63) is 66.1 Å². The van der Waals surface area contributed by atoms with Gasteiger partial charge in [0, 0.05) is 19.8 Å². The molecule has 38 heavy (non-hydrogen) atoms. The molecule has 1 N–H and O–H groups in total. The SMILES string of the molecule is CCCC(NC(=O)C(CCOC1CCOCC1)S(=O)(=O)Cc1ccccc1)C(=O)c1nc2ccccc2o1. The van der Waals surface area contributed by atoms with Gasteiger partial charge in [-0.25, -0.2) is 13.4 Å². The van der Waals surface area contributed by atoms with E-state index >= 15 is 0 Å². The van der Waals surface area contributed by atoms with E-state index < -0.39 is 32.8 Å². The van der Waals surface area contributed by atoms with Gasteiger partial charge in [0.05, 0.1) is 17.9 Å². The number of ether oxygens (including phenoxy) is 2. The minimum atomic E-state index is -3.92. The van der Waals surface area contributed by atoms with E-state index in [1.807, 2.05) is 6.92 Å². The largest absolute Gasteiger partial charge is 0.434 e. The highest BCUT2D eigenvalue weighted by Crippen LogP contribution is 2.20. The number of para-hydroxylation sites is 2. The summed E-state index contributed by atoms with van der Waals surface area (Å²) in [5.74, 6) is -1.62. The van der Waals surface area contributed by atoms with E-state index in [-0.39, 0.29) is 30.8 Å². The van der Waals surface area contributed by atoms with Crippen LogP contribution in [0, 0.1) is 0 Å². The van der Waals surface area contributed by atoms with Crippen LogP contribution in [0.2, 0.25) is 0 Å². The van der Waals surface area contributed by atoms with Crippen molar-refractivity contribution in [2.45, 2.75) is 62.2 Å². The average Bonchev–Trinajstić information content (AvgIpc) is 3.35. The number of aromatic nitrogens is 1. The molecule has 2 atom stereocenters. The third-order valence-corrected chi connectivity index (χ3v) is 8.61. The van der Waals surface area contributed by atoms with Crippen molar-refractivity contribution < 1.29 is 31.9 Å². The van der Waals surface area contributed by atoms with E-state index in [0.29, 0.717) is 42.7 Å². The maximum Gasteiger partial charge on any atom is 0.266 e. The van der Waals surface area contributed by atoms with Gasteiger partial charge < -0.3 is 19.2 Å². The highest BCUT2D eigenvalue weighted by Gasteiger charge is 2.36. The molecule has 1 saturated heterocycles. The van der Waals surface area contributed by atoms with E-state index in [9.17, 15) is 18.0 Å². The number of amides is 1. The van der Waals surface area contributed by atoms with Crippen molar-refractivity contribution in [3.63, 3.8) is 0 Å². The molecule has 9 nitrogen and oxygen atoms in total. The van der Waals surface area contributed by atoms with E-state index in [0.717, 1.165) is 12.8 Å². The van der Waals surface area contributed by atoms with Crippen molar-refractivity contribution in [1.29, 1.82) is 0 Å². The summed E-state index contributed by atoms with van der Waals surface area (Å²) in [6.07, 6.45) is 2.31. The second kappa shape index (κ2) is 13.1. The van der Waals surface area contributed by atoms with Crippen LogP contribution in [0.4, 0.5) is 0 Å². The fourth-order valence-electron chi connectivity index (χ4n) is 4.51. The number of benzene rings is 2. The van der Waals surface area contributed by atoms with Crippen molar-refractivity contribution in [3.8, 4) is 0 Å². The van der Waals surface area contributed by atoms with Gasteiger partial charge >= 0.3 is 0 Å². The summed E-state index contributed by atoms with van der Waals surface area (Å²) in [6.45, 7) is 3.17. The van der Waals surface area contributed by atoms with Crippen LogP contribution in [-0.4, -0.2) is 62.3 Å². The molecule has 204 valence electrons. The summed E-state index contributed by atoms with van der Waals surface area (Å²) < 4.78 is 43.8. The second-order valence-electron chi connectivity index (χ2n) is 9.45. The first kappa shape index (κ1) is 27.9. The van der Waals surface area contributed by atoms with E-state index in [4.69, 9.17) is 13.9 Å². The van der Waals surface area contributed by atoms with Crippen LogP contribution >= 0.6 is 0 Å². The van der Waals surface area contributed by atoms with Crippen LogP contribution in [0.3, 0.4) is 0 Å². The molecule has 0 spiro atoms. The standard InChI is InChI=1S/C28H34N2O7S/c1-2-8-23(26(31)28-30-22-11-6-7-12-24(22)37-28)29-27(32)25(15-18-36-21-13-16-35-17-14-21)38(33,34)19-20-9-4-3-5-10-20/h3-7,9-12,21,23,25H,2,8,13-19H2,1H3,(H,29,32). The monoisotopic (exact) mass is 542 g/mol. The second-order valence-corrected chi connectivity index (χ2v) is 11.6. The predicted octanol–water partition coefficient (Wildman–Crippen LogP) is 3.86. The highest BCUT2D eigenvalue weighted by atomic mass is 32.2. The number of nitrogens with one attached hydrogen (secondary N) is 1. The molecule has 1 fully saturated rings. The van der Waals surface area contributed by atoms with Crippen LogP contribution in [0.15, 0.2) is 59.0 Å². The van der Waals surface area contributed by atoms with Gasteiger partial charge in [0.1, 0.15) is 10.8 Å². The quantitative estimate of drug-likeness (QED) is 0.323. The molecule has 1 aliphatic heterocycles. The maximum absolute atomic E-state index is 13.5. The fraction of sp³-hybridized carbons (Fsp3) is 0.464. The lowest BCUT2D eigenvalue weighted by atomic mass is 10.1. The van der Waals surface area contributed by atoms with Crippen LogP contribution in [0.1, 0.15) is 55.3 Å². The number of ketones is 1. The van der Waals surface area contributed by atoms with E-state index in [1.165, 1.54) is 0 Å². The third-order valence-electron chi connectivity index (χ3n) is 6.55. The minimum Gasteiger partial charge on any atom is -0.434 e. The van der Waals surface area contributed by atoms with Gasteiger partial charge in [-0.15, -0.1) is 0 Å². The molecule has 0 saturated carbocycles. The van der Waals surface area contributed by atoms with Crippen LogP contribution in [-0.2, 0) is 29.9 Å². The van der Waals surface area contributed by atoms with Gasteiger partial charge in [0.25, 0.3) is 5.89 Å². The number of Topliss-reactive ketones (excluding diaryl/α,β-unsaturated/α-hetero) is 1. The summed E-state index contributed by atoms with van der Waals surface area (Å²) in [4.78, 5) is 31.0. The van der Waals surface area contributed by atoms with Crippen molar-refractivity contribution in [1.82, 2.24) is 10.3 Å². The molecule has 10 heteroatoms. The summed E-state index contributed by atoms with van der Waals surface area (Å²) >= 11 is 0. The molecule has 3 aromatic rings. The average molecular weight is 543 g/mol. The smallest absolute Gasteiger partial charge is 0.266 e. The summed E-state index contributed by atoms with van der Waals surface area (Å²) in [6, 6.07) is 14.8. The Morgan fingerprint density at radius 3 is 2.47 bits per heavy atom. The number of carbonyl (C=O) groups excluding carboxylic acids is 2. The molecule has 0 aliphatic carbocycles. The van der Waals surface area contributed by atoms with Crippen molar-refractivity contribution in [2.75, 3.05) is 19.8 Å². The summed E-state index contributed by atoms with van der Waals surface area (Å²) in [5, 5.41) is 1.32. The zero-order valence-corrected chi connectivity index (χ0v) is 22.3. The fourth-order valence-corrected chi connectivity index (χ4v) is 6.22. The first-order valence-electron chi connectivity index (χ1n) is 13.0. The highest BCUT2D eigenvalue weighted by molar-refractivity contribution is 7.92. The lowest BCUT2D eigenvalue weighted by molar-refractivity contribution is -0.121. The number of oxazole rings is 1. The zero-order chi connectivity index (χ0) is 27.0. The maximum atomic E-state index is 13.5. The van der Waals surface area contributed by atoms with Gasteiger partial charge in [-0.1, -0.05) is 55.8 Å². The van der Waals surface area contributed by atoms with E-state index in [2.05, 4.69) is 10.3 Å². The normalized spacial score (nSPS) is 16.2. The van der Waals surface area contributed by atoms with Crippen LogP contribution in [0.25, 0.3) is 11.1 Å². The Balaban J connectivity index is 1.51. The predicted molar refractivity (Wildman–Crippen MR) is 142 cm³/mol. The Bertz CT molecular complexity index is 1280. The van der Waals surface area contributed by atoms with Gasteiger partial charge in [0.15, 0.2) is 15.4 Å². The molecular formula is C28H34N2O7S. The Labute approximate surface area is 222 Å². The topological polar surface area (TPSA) is 125 Å². The molecule has 2 unspecified atom stereocenters. The number of hydrogen-bond donors (Lipinski definition) is 1. The van der Waals surface area contributed by atoms with Gasteiger partial charge in [-0.2, -0.15) is 0 Å². The number of hydrogen-bond acceptors (Lipinski definition) is 8. The number of fused-ring (bicyclic) bond motifs is 1. The number of rotatable bonds is 13. The van der Waals surface area contributed by atoms with Crippen molar-refractivity contribution >= 4 is 32.6 Å². The molecule has 0 bridgehead atoms. The molecule has 0 radical (unpaired) electrons. The first-order valence-corrected chi connectivity index (χ1v) is 14.7. The molecule has 2 aromatic carbocycles. The van der Waals surface area contributed by atoms with Gasteiger partial charge in [-0.3, -0.25) is 9.59 Å². The Morgan fingerprint density at radius 2 is 1.76 bits per heavy atom. The third kappa shape index (κ3) is 7.27. The molecule has 1 amide bonds.